The van der Waals surface area contributed by atoms with Gasteiger partial charge in [0.25, 0.3) is 5.56 Å². The highest BCUT2D eigenvalue weighted by atomic mass is 79.9. The van der Waals surface area contributed by atoms with E-state index in [4.69, 9.17) is 0 Å². The van der Waals surface area contributed by atoms with E-state index in [1.807, 2.05) is 48.5 Å². The Morgan fingerprint density at radius 3 is 2.55 bits per heavy atom. The Balaban J connectivity index is 2.17. The molecule has 0 fully saturated rings. The predicted molar refractivity (Wildman–Crippen MR) is 84.0 cm³/mol. The van der Waals surface area contributed by atoms with E-state index in [1.54, 1.807) is 11.5 Å². The van der Waals surface area contributed by atoms with E-state index < -0.39 is 0 Å². The maximum Gasteiger partial charge on any atom is 0.272 e. The Labute approximate surface area is 125 Å². The third-order valence-electron chi connectivity index (χ3n) is 3.27. The number of para-hydroxylation sites is 2. The second kappa shape index (κ2) is 5.21. The van der Waals surface area contributed by atoms with Crippen LogP contribution in [0.25, 0.3) is 11.0 Å². The second-order valence-electron chi connectivity index (χ2n) is 4.70. The minimum atomic E-state index is -0.0355. The molecule has 0 amide bonds. The van der Waals surface area contributed by atoms with Crippen LogP contribution in [0.5, 0.6) is 0 Å². The molecule has 0 aliphatic heterocycles. The number of hydrogen-bond donors (Lipinski definition) is 0. The molecule has 2 aromatic carbocycles. The highest BCUT2D eigenvalue weighted by Crippen LogP contribution is 2.14. The van der Waals surface area contributed by atoms with Gasteiger partial charge in [-0.1, -0.05) is 40.2 Å². The summed E-state index contributed by atoms with van der Waals surface area (Å²) in [6, 6.07) is 15.7. The predicted octanol–water partition coefficient (Wildman–Crippen LogP) is 3.52. The molecule has 0 aliphatic rings. The summed E-state index contributed by atoms with van der Waals surface area (Å²) in [6.07, 6.45) is 0. The Kier molecular flexibility index (Phi) is 3.40. The quantitative estimate of drug-likeness (QED) is 0.721. The van der Waals surface area contributed by atoms with Crippen LogP contribution in [0.1, 0.15) is 11.3 Å². The molecule has 0 N–H and O–H groups in total. The van der Waals surface area contributed by atoms with Gasteiger partial charge >= 0.3 is 0 Å². The molecular formula is C16H13BrN2O. The SMILES string of the molecule is Cc1nc2ccccc2n(Cc2ccc(Br)cc2)c1=O. The van der Waals surface area contributed by atoms with Crippen LogP contribution in [0.2, 0.25) is 0 Å². The first-order chi connectivity index (χ1) is 9.65. The maximum absolute atomic E-state index is 12.3. The van der Waals surface area contributed by atoms with Gasteiger partial charge < -0.3 is 4.57 Å². The third kappa shape index (κ3) is 2.39. The number of aryl methyl sites for hydroxylation is 1. The zero-order chi connectivity index (χ0) is 14.1. The first-order valence-corrected chi connectivity index (χ1v) is 7.15. The van der Waals surface area contributed by atoms with Gasteiger partial charge in [-0.2, -0.15) is 0 Å². The van der Waals surface area contributed by atoms with Crippen molar-refractivity contribution in [3.05, 3.63) is 74.6 Å². The highest BCUT2D eigenvalue weighted by Gasteiger charge is 2.08. The summed E-state index contributed by atoms with van der Waals surface area (Å²) >= 11 is 3.42. The highest BCUT2D eigenvalue weighted by molar-refractivity contribution is 9.10. The Bertz CT molecular complexity index is 822. The lowest BCUT2D eigenvalue weighted by Crippen LogP contribution is -2.24. The first kappa shape index (κ1) is 13.1. The Morgan fingerprint density at radius 1 is 1.10 bits per heavy atom. The smallest absolute Gasteiger partial charge is 0.272 e. The zero-order valence-electron chi connectivity index (χ0n) is 11.0. The van der Waals surface area contributed by atoms with Crippen molar-refractivity contribution in [2.45, 2.75) is 13.5 Å². The molecule has 0 bridgehead atoms. The van der Waals surface area contributed by atoms with Crippen LogP contribution in [0, 0.1) is 6.92 Å². The number of aromatic nitrogens is 2. The van der Waals surface area contributed by atoms with Gasteiger partial charge in [-0.3, -0.25) is 4.79 Å². The number of benzene rings is 2. The van der Waals surface area contributed by atoms with Crippen LogP contribution >= 0.6 is 15.9 Å². The number of hydrogen-bond acceptors (Lipinski definition) is 2. The van der Waals surface area contributed by atoms with Crippen molar-refractivity contribution in [1.29, 1.82) is 0 Å². The summed E-state index contributed by atoms with van der Waals surface area (Å²) in [7, 11) is 0. The number of halogens is 1. The number of fused-ring (bicyclic) bond motifs is 1. The molecule has 20 heavy (non-hydrogen) atoms. The third-order valence-corrected chi connectivity index (χ3v) is 3.80. The normalized spacial score (nSPS) is 10.9. The molecule has 0 atom stereocenters. The maximum atomic E-state index is 12.3. The summed E-state index contributed by atoms with van der Waals surface area (Å²) in [5.74, 6) is 0. The average Bonchev–Trinajstić information content (AvgIpc) is 2.46. The molecule has 1 aromatic heterocycles. The summed E-state index contributed by atoms with van der Waals surface area (Å²) in [4.78, 5) is 16.7. The molecule has 0 saturated heterocycles. The van der Waals surface area contributed by atoms with E-state index in [1.165, 1.54) is 0 Å². The zero-order valence-corrected chi connectivity index (χ0v) is 12.6. The van der Waals surface area contributed by atoms with Crippen molar-refractivity contribution in [2.75, 3.05) is 0 Å². The molecule has 3 rings (SSSR count). The molecular weight excluding hydrogens is 316 g/mol. The molecule has 0 unspecified atom stereocenters. The topological polar surface area (TPSA) is 34.9 Å². The van der Waals surface area contributed by atoms with Crippen molar-refractivity contribution in [3.8, 4) is 0 Å². The molecule has 4 heteroatoms. The van der Waals surface area contributed by atoms with E-state index in [0.29, 0.717) is 12.2 Å². The minimum absolute atomic E-state index is 0.0355. The monoisotopic (exact) mass is 328 g/mol. The summed E-state index contributed by atoms with van der Waals surface area (Å²) in [6.45, 7) is 2.31. The summed E-state index contributed by atoms with van der Waals surface area (Å²) in [5.41, 5.74) is 3.30. The van der Waals surface area contributed by atoms with Crippen molar-refractivity contribution < 1.29 is 0 Å². The van der Waals surface area contributed by atoms with Crippen molar-refractivity contribution in [3.63, 3.8) is 0 Å². The van der Waals surface area contributed by atoms with Crippen LogP contribution in [0.3, 0.4) is 0 Å². The molecule has 3 aromatic rings. The van der Waals surface area contributed by atoms with E-state index in [2.05, 4.69) is 20.9 Å². The van der Waals surface area contributed by atoms with E-state index in [-0.39, 0.29) is 5.56 Å². The van der Waals surface area contributed by atoms with Crippen molar-refractivity contribution >= 4 is 27.0 Å². The fraction of sp³-hybridized carbons (Fsp3) is 0.125. The van der Waals surface area contributed by atoms with Gasteiger partial charge in [0.15, 0.2) is 0 Å². The van der Waals surface area contributed by atoms with Gasteiger partial charge in [0.2, 0.25) is 0 Å². The first-order valence-electron chi connectivity index (χ1n) is 6.36. The van der Waals surface area contributed by atoms with Gasteiger partial charge in [0.1, 0.15) is 5.69 Å². The molecule has 0 spiro atoms. The van der Waals surface area contributed by atoms with Crippen LogP contribution in [-0.2, 0) is 6.54 Å². The molecule has 100 valence electrons. The average molecular weight is 329 g/mol. The lowest BCUT2D eigenvalue weighted by atomic mass is 10.2. The second-order valence-corrected chi connectivity index (χ2v) is 5.62. The van der Waals surface area contributed by atoms with Gasteiger partial charge in [0.05, 0.1) is 17.6 Å². The van der Waals surface area contributed by atoms with Crippen LogP contribution in [0.4, 0.5) is 0 Å². The molecule has 0 radical (unpaired) electrons. The molecule has 0 saturated carbocycles. The van der Waals surface area contributed by atoms with Gasteiger partial charge in [-0.05, 0) is 36.8 Å². The van der Waals surface area contributed by atoms with Gasteiger partial charge in [-0.25, -0.2) is 4.98 Å². The molecule has 3 nitrogen and oxygen atoms in total. The minimum Gasteiger partial charge on any atom is -0.301 e. The Hall–Kier alpha value is -1.94. The van der Waals surface area contributed by atoms with Gasteiger partial charge in [-0.15, -0.1) is 0 Å². The number of nitrogens with zero attached hydrogens (tertiary/aromatic N) is 2. The van der Waals surface area contributed by atoms with Crippen molar-refractivity contribution in [1.82, 2.24) is 9.55 Å². The van der Waals surface area contributed by atoms with Crippen LogP contribution in [0.15, 0.2) is 57.8 Å². The summed E-state index contributed by atoms with van der Waals surface area (Å²) < 4.78 is 2.81. The summed E-state index contributed by atoms with van der Waals surface area (Å²) in [5, 5.41) is 0. The lowest BCUT2D eigenvalue weighted by molar-refractivity contribution is 0.776. The number of rotatable bonds is 2. The largest absolute Gasteiger partial charge is 0.301 e. The fourth-order valence-corrected chi connectivity index (χ4v) is 2.51. The van der Waals surface area contributed by atoms with Gasteiger partial charge in [0, 0.05) is 4.47 Å². The Morgan fingerprint density at radius 2 is 1.80 bits per heavy atom. The van der Waals surface area contributed by atoms with Crippen LogP contribution in [-0.4, -0.2) is 9.55 Å². The fourth-order valence-electron chi connectivity index (χ4n) is 2.25. The lowest BCUT2D eigenvalue weighted by Gasteiger charge is -2.11. The van der Waals surface area contributed by atoms with Crippen molar-refractivity contribution in [2.24, 2.45) is 0 Å². The van der Waals surface area contributed by atoms with E-state index in [9.17, 15) is 4.79 Å². The standard InChI is InChI=1S/C16H13BrN2O/c1-11-16(20)19(10-12-6-8-13(17)9-7-12)15-5-3-2-4-14(15)18-11/h2-9H,10H2,1H3. The van der Waals surface area contributed by atoms with Crippen LogP contribution < -0.4 is 5.56 Å². The van der Waals surface area contributed by atoms with E-state index >= 15 is 0 Å². The molecule has 0 aliphatic carbocycles. The molecule has 1 heterocycles. The van der Waals surface area contributed by atoms with E-state index in [0.717, 1.165) is 21.1 Å².